The summed E-state index contributed by atoms with van der Waals surface area (Å²) in [5, 5.41) is 11.9. The Hall–Kier alpha value is -3.43. The monoisotopic (exact) mass is 480 g/mol. The Morgan fingerprint density at radius 3 is 2.12 bits per heavy atom. The molecule has 1 aliphatic heterocycles. The van der Waals surface area contributed by atoms with Gasteiger partial charge in [0.2, 0.25) is 0 Å². The number of sulfonamides is 1. The van der Waals surface area contributed by atoms with E-state index in [1.54, 1.807) is 37.3 Å². The zero-order valence-electron chi connectivity index (χ0n) is 19.1. The van der Waals surface area contributed by atoms with Gasteiger partial charge in [0.15, 0.2) is 0 Å². The summed E-state index contributed by atoms with van der Waals surface area (Å²) in [5.41, 5.74) is 2.01. The number of para-hydroxylation sites is 1. The molecule has 0 N–H and O–H groups in total. The van der Waals surface area contributed by atoms with Crippen molar-refractivity contribution < 1.29 is 13.3 Å². The fraction of sp³-hybridized carbons (Fsp3) is 0.280. The molecular weight excluding hydrogens is 452 g/mol. The maximum Gasteiger partial charge on any atom is 0.293 e. The summed E-state index contributed by atoms with van der Waals surface area (Å²) in [6, 6.07) is 23.2. The van der Waals surface area contributed by atoms with Crippen LogP contribution in [0, 0.1) is 10.1 Å². The highest BCUT2D eigenvalue weighted by molar-refractivity contribution is 7.92. The third-order valence-corrected chi connectivity index (χ3v) is 7.92. The molecule has 3 aromatic rings. The van der Waals surface area contributed by atoms with Gasteiger partial charge in [0.05, 0.1) is 15.5 Å². The van der Waals surface area contributed by atoms with Crippen LogP contribution >= 0.6 is 0 Å². The summed E-state index contributed by atoms with van der Waals surface area (Å²) < 4.78 is 27.9. The highest BCUT2D eigenvalue weighted by Gasteiger charge is 2.29. The average Bonchev–Trinajstić information content (AvgIpc) is 2.86. The number of hydrogen-bond donors (Lipinski definition) is 0. The SMILES string of the molecule is CCN(c1ccccc1)S(=O)(=O)c1ccc(N2CCN(Cc3ccccc3)CC2)c([N+](=O)[O-])c1. The van der Waals surface area contributed by atoms with Crippen molar-refractivity contribution in [3.8, 4) is 0 Å². The van der Waals surface area contributed by atoms with E-state index in [0.717, 1.165) is 19.6 Å². The summed E-state index contributed by atoms with van der Waals surface area (Å²) >= 11 is 0. The first-order valence-corrected chi connectivity index (χ1v) is 12.7. The number of anilines is 2. The van der Waals surface area contributed by atoms with Gasteiger partial charge < -0.3 is 4.90 Å². The number of rotatable bonds is 8. The van der Waals surface area contributed by atoms with Crippen LogP contribution in [0.2, 0.25) is 0 Å². The lowest BCUT2D eigenvalue weighted by atomic mass is 10.2. The lowest BCUT2D eigenvalue weighted by Gasteiger charge is -2.36. The summed E-state index contributed by atoms with van der Waals surface area (Å²) in [4.78, 5) is 15.6. The normalized spacial score (nSPS) is 14.7. The van der Waals surface area contributed by atoms with Crippen molar-refractivity contribution >= 4 is 27.1 Å². The maximum absolute atomic E-state index is 13.3. The van der Waals surface area contributed by atoms with Crippen LogP contribution < -0.4 is 9.21 Å². The summed E-state index contributed by atoms with van der Waals surface area (Å²) in [6.45, 7) is 5.58. The molecule has 0 atom stereocenters. The van der Waals surface area contributed by atoms with E-state index in [2.05, 4.69) is 17.0 Å². The molecule has 0 unspecified atom stereocenters. The van der Waals surface area contributed by atoms with Crippen molar-refractivity contribution in [1.82, 2.24) is 4.90 Å². The molecule has 0 spiro atoms. The van der Waals surface area contributed by atoms with Gasteiger partial charge in [-0.15, -0.1) is 0 Å². The Morgan fingerprint density at radius 1 is 0.912 bits per heavy atom. The quantitative estimate of drug-likeness (QED) is 0.356. The Kier molecular flexibility index (Phi) is 7.14. The zero-order chi connectivity index (χ0) is 24.1. The van der Waals surface area contributed by atoms with Crippen molar-refractivity contribution in [2.75, 3.05) is 41.9 Å². The maximum atomic E-state index is 13.3. The van der Waals surface area contributed by atoms with Crippen molar-refractivity contribution in [3.63, 3.8) is 0 Å². The molecule has 9 heteroatoms. The van der Waals surface area contributed by atoms with Crippen LogP contribution in [0.15, 0.2) is 83.8 Å². The zero-order valence-corrected chi connectivity index (χ0v) is 19.9. The molecule has 1 fully saturated rings. The molecule has 0 radical (unpaired) electrons. The Labute approximate surface area is 200 Å². The van der Waals surface area contributed by atoms with Crippen LogP contribution in [0.5, 0.6) is 0 Å². The van der Waals surface area contributed by atoms with Gasteiger partial charge in [0.25, 0.3) is 15.7 Å². The lowest BCUT2D eigenvalue weighted by molar-refractivity contribution is -0.384. The van der Waals surface area contributed by atoms with E-state index < -0.39 is 14.9 Å². The largest absolute Gasteiger partial charge is 0.363 e. The Bertz CT molecular complexity index is 1230. The third-order valence-electron chi connectivity index (χ3n) is 6.02. The second-order valence-electron chi connectivity index (χ2n) is 8.16. The number of hydrogen-bond acceptors (Lipinski definition) is 6. The van der Waals surface area contributed by atoms with Crippen LogP contribution in [0.1, 0.15) is 12.5 Å². The molecule has 3 aromatic carbocycles. The molecule has 4 rings (SSSR count). The standard InChI is InChI=1S/C25H28N4O4S/c1-2-28(22-11-7-4-8-12-22)34(32,33)23-13-14-24(25(19-23)29(30)31)27-17-15-26(16-18-27)20-21-9-5-3-6-10-21/h3-14,19H,2,15-18,20H2,1H3. The minimum atomic E-state index is -3.95. The first-order valence-electron chi connectivity index (χ1n) is 11.3. The minimum Gasteiger partial charge on any atom is -0.363 e. The molecule has 8 nitrogen and oxygen atoms in total. The Morgan fingerprint density at radius 2 is 1.53 bits per heavy atom. The number of benzene rings is 3. The van der Waals surface area contributed by atoms with E-state index in [-0.39, 0.29) is 17.1 Å². The smallest absolute Gasteiger partial charge is 0.293 e. The van der Waals surface area contributed by atoms with Gasteiger partial charge in [-0.25, -0.2) is 8.42 Å². The van der Waals surface area contributed by atoms with Crippen LogP contribution in [0.3, 0.4) is 0 Å². The lowest BCUT2D eigenvalue weighted by Crippen LogP contribution is -2.46. The molecule has 0 amide bonds. The molecule has 178 valence electrons. The average molecular weight is 481 g/mol. The predicted molar refractivity (Wildman–Crippen MR) is 134 cm³/mol. The third kappa shape index (κ3) is 5.05. The van der Waals surface area contributed by atoms with Crippen LogP contribution in [-0.4, -0.2) is 51.0 Å². The second-order valence-corrected chi connectivity index (χ2v) is 10.0. The molecule has 0 bridgehead atoms. The van der Waals surface area contributed by atoms with E-state index in [1.165, 1.54) is 22.0 Å². The first kappa shape index (κ1) is 23.7. The number of nitrogens with zero attached hydrogens (tertiary/aromatic N) is 4. The fourth-order valence-electron chi connectivity index (χ4n) is 4.28. The van der Waals surface area contributed by atoms with Crippen LogP contribution in [-0.2, 0) is 16.6 Å². The predicted octanol–water partition coefficient (Wildman–Crippen LogP) is 4.13. The molecule has 0 saturated carbocycles. The molecular formula is C25H28N4O4S. The van der Waals surface area contributed by atoms with Crippen molar-refractivity contribution in [2.24, 2.45) is 0 Å². The number of piperazine rings is 1. The molecule has 34 heavy (non-hydrogen) atoms. The highest BCUT2D eigenvalue weighted by atomic mass is 32.2. The van der Waals surface area contributed by atoms with Gasteiger partial charge in [-0.2, -0.15) is 0 Å². The summed E-state index contributed by atoms with van der Waals surface area (Å²) in [6.07, 6.45) is 0. The van der Waals surface area contributed by atoms with Crippen molar-refractivity contribution in [2.45, 2.75) is 18.4 Å². The minimum absolute atomic E-state index is 0.0867. The number of nitro groups is 1. The van der Waals surface area contributed by atoms with Gasteiger partial charge in [0, 0.05) is 45.3 Å². The van der Waals surface area contributed by atoms with Crippen molar-refractivity contribution in [1.29, 1.82) is 0 Å². The summed E-state index contributed by atoms with van der Waals surface area (Å²) in [5.74, 6) is 0. The van der Waals surface area contributed by atoms with Gasteiger partial charge in [-0.1, -0.05) is 48.5 Å². The van der Waals surface area contributed by atoms with Gasteiger partial charge >= 0.3 is 0 Å². The number of nitro benzene ring substituents is 1. The van der Waals surface area contributed by atoms with Gasteiger partial charge in [0.1, 0.15) is 5.69 Å². The van der Waals surface area contributed by atoms with Crippen LogP contribution in [0.4, 0.5) is 17.1 Å². The fourth-order valence-corrected chi connectivity index (χ4v) is 5.77. The topological polar surface area (TPSA) is 87.0 Å². The van der Waals surface area contributed by atoms with Gasteiger partial charge in [-0.05, 0) is 36.8 Å². The van der Waals surface area contributed by atoms with E-state index in [1.807, 2.05) is 29.2 Å². The van der Waals surface area contributed by atoms with Crippen molar-refractivity contribution in [3.05, 3.63) is 94.5 Å². The molecule has 0 aliphatic carbocycles. The molecule has 0 aromatic heterocycles. The highest BCUT2D eigenvalue weighted by Crippen LogP contribution is 2.33. The first-order chi connectivity index (χ1) is 16.4. The molecule has 1 saturated heterocycles. The van der Waals surface area contributed by atoms with E-state index in [4.69, 9.17) is 0 Å². The van der Waals surface area contributed by atoms with E-state index in [0.29, 0.717) is 24.5 Å². The van der Waals surface area contributed by atoms with Gasteiger partial charge in [-0.3, -0.25) is 19.3 Å². The van der Waals surface area contributed by atoms with Crippen LogP contribution in [0.25, 0.3) is 0 Å². The second kappa shape index (κ2) is 10.2. The molecule has 1 heterocycles. The summed E-state index contributed by atoms with van der Waals surface area (Å²) in [7, 11) is -3.95. The Balaban J connectivity index is 1.55. The van der Waals surface area contributed by atoms with E-state index in [9.17, 15) is 18.5 Å². The molecule has 1 aliphatic rings. The van der Waals surface area contributed by atoms with E-state index >= 15 is 0 Å².